The summed E-state index contributed by atoms with van der Waals surface area (Å²) in [5, 5.41) is 3.33. The van der Waals surface area contributed by atoms with Crippen LogP contribution in [-0.2, 0) is 19.9 Å². The highest BCUT2D eigenvalue weighted by atomic mass is 16.5. The number of hydrogen-bond acceptors (Lipinski definition) is 4. The van der Waals surface area contributed by atoms with Crippen molar-refractivity contribution in [1.29, 1.82) is 0 Å². The van der Waals surface area contributed by atoms with Gasteiger partial charge in [0, 0.05) is 6.04 Å². The van der Waals surface area contributed by atoms with E-state index in [9.17, 15) is 9.59 Å². The fourth-order valence-electron chi connectivity index (χ4n) is 2.82. The van der Waals surface area contributed by atoms with Crippen molar-refractivity contribution in [3.05, 3.63) is 71.8 Å². The SMILES string of the molecule is CCOC(=O)CC(C)NC(C=O)(c1ccccc1)c1ccccc1. The number of carbonyl (C=O) groups is 2. The van der Waals surface area contributed by atoms with Gasteiger partial charge in [-0.1, -0.05) is 60.7 Å². The lowest BCUT2D eigenvalue weighted by Gasteiger charge is -2.33. The smallest absolute Gasteiger partial charge is 0.307 e. The Balaban J connectivity index is 2.36. The van der Waals surface area contributed by atoms with Gasteiger partial charge in [-0.25, -0.2) is 0 Å². The minimum Gasteiger partial charge on any atom is -0.466 e. The lowest BCUT2D eigenvalue weighted by Crippen LogP contribution is -2.49. The van der Waals surface area contributed by atoms with Crippen LogP contribution in [0, 0.1) is 0 Å². The summed E-state index contributed by atoms with van der Waals surface area (Å²) in [6.45, 7) is 4.00. The molecule has 2 rings (SSSR count). The molecule has 0 fully saturated rings. The molecule has 4 heteroatoms. The van der Waals surface area contributed by atoms with Gasteiger partial charge in [-0.15, -0.1) is 0 Å². The summed E-state index contributed by atoms with van der Waals surface area (Å²) in [6, 6.07) is 18.8. The molecule has 1 N–H and O–H groups in total. The van der Waals surface area contributed by atoms with Crippen LogP contribution in [0.25, 0.3) is 0 Å². The Hall–Kier alpha value is -2.46. The molecule has 1 atom stereocenters. The van der Waals surface area contributed by atoms with Crippen LogP contribution >= 0.6 is 0 Å². The lowest BCUT2D eigenvalue weighted by atomic mass is 9.83. The molecule has 126 valence electrons. The molecule has 1 unspecified atom stereocenters. The zero-order valence-electron chi connectivity index (χ0n) is 14.1. The Kier molecular flexibility index (Phi) is 6.27. The van der Waals surface area contributed by atoms with Gasteiger partial charge in [0.05, 0.1) is 13.0 Å². The quantitative estimate of drug-likeness (QED) is 0.599. The summed E-state index contributed by atoms with van der Waals surface area (Å²) >= 11 is 0. The average Bonchev–Trinajstić information content (AvgIpc) is 2.61. The van der Waals surface area contributed by atoms with Gasteiger partial charge in [0.1, 0.15) is 11.8 Å². The second-order valence-corrected chi connectivity index (χ2v) is 5.71. The van der Waals surface area contributed by atoms with E-state index in [4.69, 9.17) is 4.74 Å². The van der Waals surface area contributed by atoms with Gasteiger partial charge in [-0.05, 0) is 25.0 Å². The van der Waals surface area contributed by atoms with Crippen LogP contribution < -0.4 is 5.32 Å². The molecule has 0 saturated heterocycles. The number of benzene rings is 2. The minimum atomic E-state index is -1.01. The first-order valence-electron chi connectivity index (χ1n) is 8.13. The Morgan fingerprint density at radius 3 is 2.00 bits per heavy atom. The maximum absolute atomic E-state index is 12.2. The molecule has 0 aliphatic carbocycles. The topological polar surface area (TPSA) is 55.4 Å². The van der Waals surface area contributed by atoms with Crippen LogP contribution in [0.3, 0.4) is 0 Å². The molecule has 24 heavy (non-hydrogen) atoms. The molecule has 4 nitrogen and oxygen atoms in total. The zero-order chi connectivity index (χ0) is 17.4. The van der Waals surface area contributed by atoms with Crippen molar-refractivity contribution in [3.63, 3.8) is 0 Å². The second-order valence-electron chi connectivity index (χ2n) is 5.71. The Morgan fingerprint density at radius 2 is 1.58 bits per heavy atom. The molecule has 0 spiro atoms. The normalized spacial score (nSPS) is 12.4. The third-order valence-corrected chi connectivity index (χ3v) is 3.89. The van der Waals surface area contributed by atoms with Gasteiger partial charge < -0.3 is 9.53 Å². The van der Waals surface area contributed by atoms with Gasteiger partial charge >= 0.3 is 5.97 Å². The summed E-state index contributed by atoms with van der Waals surface area (Å²) in [5.74, 6) is -0.279. The molecule has 0 aliphatic rings. The maximum atomic E-state index is 12.2. The number of aldehydes is 1. The number of esters is 1. The number of hydrogen-bond donors (Lipinski definition) is 1. The van der Waals surface area contributed by atoms with Crippen LogP contribution in [0.15, 0.2) is 60.7 Å². The Morgan fingerprint density at radius 1 is 1.08 bits per heavy atom. The number of nitrogens with one attached hydrogen (secondary N) is 1. The van der Waals surface area contributed by atoms with E-state index in [-0.39, 0.29) is 18.4 Å². The van der Waals surface area contributed by atoms with Crippen LogP contribution in [0.4, 0.5) is 0 Å². The van der Waals surface area contributed by atoms with Gasteiger partial charge in [-0.3, -0.25) is 10.1 Å². The van der Waals surface area contributed by atoms with Crippen molar-refractivity contribution in [2.24, 2.45) is 0 Å². The Labute approximate surface area is 142 Å². The maximum Gasteiger partial charge on any atom is 0.307 e. The molecule has 0 heterocycles. The minimum absolute atomic E-state index is 0.198. The molecule has 0 radical (unpaired) electrons. The number of rotatable bonds is 8. The molecule has 0 amide bonds. The lowest BCUT2D eigenvalue weighted by molar-refractivity contribution is -0.143. The predicted octanol–water partition coefficient (Wildman–Crippen LogP) is 3.06. The van der Waals surface area contributed by atoms with Gasteiger partial charge in [0.15, 0.2) is 0 Å². The predicted molar refractivity (Wildman–Crippen MR) is 93.6 cm³/mol. The van der Waals surface area contributed by atoms with Crippen molar-refractivity contribution in [3.8, 4) is 0 Å². The highest BCUT2D eigenvalue weighted by molar-refractivity contribution is 5.75. The molecular formula is C20H23NO3. The van der Waals surface area contributed by atoms with E-state index >= 15 is 0 Å². The van der Waals surface area contributed by atoms with Crippen LogP contribution in [-0.4, -0.2) is 24.9 Å². The largest absolute Gasteiger partial charge is 0.466 e. The van der Waals surface area contributed by atoms with E-state index < -0.39 is 5.54 Å². The summed E-state index contributed by atoms with van der Waals surface area (Å²) in [5.41, 5.74) is 0.665. The first-order chi connectivity index (χ1) is 11.6. The summed E-state index contributed by atoms with van der Waals surface area (Å²) in [4.78, 5) is 23.9. The summed E-state index contributed by atoms with van der Waals surface area (Å²) in [6.07, 6.45) is 1.10. The third kappa shape index (κ3) is 4.09. The summed E-state index contributed by atoms with van der Waals surface area (Å²) < 4.78 is 5.00. The highest BCUT2D eigenvalue weighted by Crippen LogP contribution is 2.28. The molecule has 2 aromatic carbocycles. The van der Waals surface area contributed by atoms with E-state index in [0.29, 0.717) is 6.61 Å². The summed E-state index contributed by atoms with van der Waals surface area (Å²) in [7, 11) is 0. The Bertz CT molecular complexity index is 616. The zero-order valence-corrected chi connectivity index (χ0v) is 14.1. The molecule has 0 saturated carbocycles. The highest BCUT2D eigenvalue weighted by Gasteiger charge is 2.35. The van der Waals surface area contributed by atoms with E-state index in [1.165, 1.54) is 0 Å². The molecule has 2 aromatic rings. The molecular weight excluding hydrogens is 302 g/mol. The van der Waals surface area contributed by atoms with Crippen LogP contribution in [0.1, 0.15) is 31.4 Å². The monoisotopic (exact) mass is 325 g/mol. The van der Waals surface area contributed by atoms with E-state index in [1.807, 2.05) is 67.6 Å². The van der Waals surface area contributed by atoms with Crippen LogP contribution in [0.2, 0.25) is 0 Å². The van der Waals surface area contributed by atoms with Crippen LogP contribution in [0.5, 0.6) is 0 Å². The second kappa shape index (κ2) is 8.41. The van der Waals surface area contributed by atoms with Crippen molar-refractivity contribution in [2.45, 2.75) is 31.8 Å². The molecule has 0 bridgehead atoms. The third-order valence-electron chi connectivity index (χ3n) is 3.89. The standard InChI is InChI=1S/C20H23NO3/c1-3-24-19(23)14-16(2)21-20(15-22,17-10-6-4-7-11-17)18-12-8-5-9-13-18/h4-13,15-16,21H,3,14H2,1-2H3. The first-order valence-corrected chi connectivity index (χ1v) is 8.13. The van der Waals surface area contributed by atoms with Crippen molar-refractivity contribution in [1.82, 2.24) is 5.32 Å². The van der Waals surface area contributed by atoms with Crippen molar-refractivity contribution >= 4 is 12.3 Å². The average molecular weight is 325 g/mol. The van der Waals surface area contributed by atoms with E-state index in [1.54, 1.807) is 6.92 Å². The van der Waals surface area contributed by atoms with Crippen molar-refractivity contribution < 1.29 is 14.3 Å². The molecule has 0 aromatic heterocycles. The molecule has 0 aliphatic heterocycles. The van der Waals surface area contributed by atoms with Crippen molar-refractivity contribution in [2.75, 3.05) is 6.61 Å². The fraction of sp³-hybridized carbons (Fsp3) is 0.300. The first kappa shape index (κ1) is 17.9. The number of ether oxygens (including phenoxy) is 1. The van der Waals surface area contributed by atoms with Gasteiger partial charge in [0.25, 0.3) is 0 Å². The number of carbonyl (C=O) groups excluding carboxylic acids is 2. The van der Waals surface area contributed by atoms with Gasteiger partial charge in [0.2, 0.25) is 0 Å². The van der Waals surface area contributed by atoms with E-state index in [0.717, 1.165) is 17.4 Å². The fourth-order valence-corrected chi connectivity index (χ4v) is 2.82. The van der Waals surface area contributed by atoms with Gasteiger partial charge in [-0.2, -0.15) is 0 Å². The van der Waals surface area contributed by atoms with E-state index in [2.05, 4.69) is 5.32 Å².